The minimum absolute atomic E-state index is 0.283. The molecule has 0 rings (SSSR count). The van der Waals surface area contributed by atoms with E-state index < -0.39 is 22.8 Å². The van der Waals surface area contributed by atoms with Crippen molar-refractivity contribution in [1.82, 2.24) is 0 Å². The highest BCUT2D eigenvalue weighted by Gasteiger charge is 2.66. The van der Waals surface area contributed by atoms with E-state index in [0.717, 1.165) is 20.5 Å². The lowest BCUT2D eigenvalue weighted by Crippen LogP contribution is -2.72. The van der Waals surface area contributed by atoms with E-state index >= 15 is 0 Å². The molecule has 0 radical (unpaired) electrons. The van der Waals surface area contributed by atoms with Crippen LogP contribution in [0, 0.1) is 0 Å². The van der Waals surface area contributed by atoms with Gasteiger partial charge >= 0.3 is 0 Å². The van der Waals surface area contributed by atoms with Crippen LogP contribution in [0.3, 0.4) is 0 Å². The summed E-state index contributed by atoms with van der Waals surface area (Å²) in [6.45, 7) is 17.1. The lowest BCUT2D eigenvalue weighted by molar-refractivity contribution is -0.330. The third-order valence-corrected chi connectivity index (χ3v) is 7.49. The molecular weight excluding hydrogens is 420 g/mol. The van der Waals surface area contributed by atoms with Crippen molar-refractivity contribution < 1.29 is 33.2 Å². The van der Waals surface area contributed by atoms with Gasteiger partial charge in [0.25, 0.3) is 0 Å². The zero-order chi connectivity index (χ0) is 23.5. The number of Topliss-reactive ketones (excluding diaryl/α,β-unsaturated/α-hetero) is 1. The van der Waals surface area contributed by atoms with Gasteiger partial charge in [-0.1, -0.05) is 0 Å². The molecule has 0 aliphatic rings. The van der Waals surface area contributed by atoms with Gasteiger partial charge in [-0.05, 0) is 67.5 Å². The molecule has 0 aromatic heterocycles. The Labute approximate surface area is 189 Å². The summed E-state index contributed by atoms with van der Waals surface area (Å²) in [6, 6.07) is 1.13. The molecule has 2 atom stereocenters. The van der Waals surface area contributed by atoms with E-state index in [2.05, 4.69) is 0 Å². The lowest BCUT2D eigenvalue weighted by Gasteiger charge is -2.52. The van der Waals surface area contributed by atoms with Gasteiger partial charge in [0.05, 0.1) is 0 Å². The monoisotopic (exact) mass is 466 g/mol. The first-order valence-corrected chi connectivity index (χ1v) is 14.4. The highest BCUT2D eigenvalue weighted by molar-refractivity contribution is 6.11. The molecule has 0 aromatic rings. The number of ether oxygens (including phenoxy) is 6. The average molecular weight is 467 g/mol. The fraction of sp³-hybridized carbons (Fsp3) is 0.952. The third kappa shape index (κ3) is 5.61. The van der Waals surface area contributed by atoms with E-state index in [1.165, 1.54) is 0 Å². The largest absolute Gasteiger partial charge is 0.362 e. The summed E-state index contributed by atoms with van der Waals surface area (Å²) in [4.78, 5) is 14.4. The third-order valence-electron chi connectivity index (χ3n) is 5.63. The molecule has 0 heterocycles. The Hall–Kier alpha value is -0.136. The molecule has 0 saturated heterocycles. The van der Waals surface area contributed by atoms with Crippen molar-refractivity contribution in [3.63, 3.8) is 0 Å². The van der Waals surface area contributed by atoms with Crippen molar-refractivity contribution in [1.29, 1.82) is 0 Å². The summed E-state index contributed by atoms with van der Waals surface area (Å²) in [5.74, 6) is -2.69. The minimum Gasteiger partial charge on any atom is -0.362 e. The van der Waals surface area contributed by atoms with E-state index in [1.807, 2.05) is 41.5 Å². The maximum atomic E-state index is 14.4. The molecule has 0 aliphatic carbocycles. The van der Waals surface area contributed by atoms with Crippen LogP contribution in [-0.2, 0) is 33.2 Å². The maximum absolute atomic E-state index is 14.4. The predicted molar refractivity (Wildman–Crippen MR) is 127 cm³/mol. The molecule has 2 unspecified atom stereocenters. The first kappa shape index (κ1) is 29.9. The Morgan fingerprint density at radius 3 is 0.967 bits per heavy atom. The Morgan fingerprint density at radius 2 is 0.800 bits per heavy atom. The van der Waals surface area contributed by atoms with Gasteiger partial charge in [-0.25, -0.2) is 0 Å². The van der Waals surface area contributed by atoms with Crippen LogP contribution in [0.5, 0.6) is 0 Å². The topological polar surface area (TPSA) is 72.5 Å². The molecule has 180 valence electrons. The van der Waals surface area contributed by atoms with Crippen molar-refractivity contribution >= 4 is 26.3 Å². The molecule has 0 bridgehead atoms. The fourth-order valence-corrected chi connectivity index (χ4v) is 6.55. The van der Waals surface area contributed by atoms with E-state index in [-0.39, 0.29) is 5.78 Å². The van der Waals surface area contributed by atoms with Crippen molar-refractivity contribution in [2.45, 2.75) is 90.3 Å². The van der Waals surface area contributed by atoms with Crippen molar-refractivity contribution in [2.75, 3.05) is 39.6 Å². The Bertz CT molecular complexity index is 452. The summed E-state index contributed by atoms with van der Waals surface area (Å²) >= 11 is 0. The standard InChI is InChI=1S/C21H46O7Si2/c1-9-23-18(7,20(15-29,25-11-3)26-12-4)17(22)19(8,24-10-2)21(16-30,27-13-5)28-14-6/h9-16H2,1-8,29-30H3. The second kappa shape index (κ2) is 13.4. The van der Waals surface area contributed by atoms with Crippen LogP contribution >= 0.6 is 0 Å². The molecule has 0 fully saturated rings. The zero-order valence-electron chi connectivity index (χ0n) is 21.0. The molecule has 7 nitrogen and oxygen atoms in total. The Balaban J connectivity index is 6.87. The summed E-state index contributed by atoms with van der Waals surface area (Å²) < 4.78 is 36.9. The normalized spacial score (nSPS) is 17.1. The SMILES string of the molecule is CCOC(C[SiH3])(OCC)C(C)(OCC)C(=O)C(C)(OCC)C(C[SiH3])(OCC)OCC. The van der Waals surface area contributed by atoms with Gasteiger partial charge in [-0.2, -0.15) is 0 Å². The summed E-state index contributed by atoms with van der Waals surface area (Å²) in [7, 11) is 1.52. The Morgan fingerprint density at radius 1 is 0.567 bits per heavy atom. The molecule has 0 saturated carbocycles. The molecule has 0 amide bonds. The quantitative estimate of drug-likeness (QED) is 0.222. The highest BCUT2D eigenvalue weighted by Crippen LogP contribution is 2.44. The molecule has 0 spiro atoms. The smallest absolute Gasteiger partial charge is 0.206 e. The van der Waals surface area contributed by atoms with Crippen LogP contribution in [0.2, 0.25) is 12.1 Å². The van der Waals surface area contributed by atoms with Crippen LogP contribution in [-0.4, -0.2) is 88.7 Å². The molecule has 0 aliphatic heterocycles. The van der Waals surface area contributed by atoms with Crippen LogP contribution < -0.4 is 0 Å². The molecular formula is C21H46O7Si2. The van der Waals surface area contributed by atoms with Gasteiger partial charge in [0.15, 0.2) is 11.2 Å². The van der Waals surface area contributed by atoms with Crippen LogP contribution in [0.4, 0.5) is 0 Å². The van der Waals surface area contributed by atoms with Crippen LogP contribution in [0.25, 0.3) is 0 Å². The van der Waals surface area contributed by atoms with E-state index in [1.54, 1.807) is 13.8 Å². The van der Waals surface area contributed by atoms with Gasteiger partial charge in [0.2, 0.25) is 17.4 Å². The van der Waals surface area contributed by atoms with Crippen molar-refractivity contribution in [3.05, 3.63) is 0 Å². The minimum atomic E-state index is -1.41. The highest BCUT2D eigenvalue weighted by atomic mass is 28.1. The second-order valence-corrected chi connectivity index (χ2v) is 8.62. The van der Waals surface area contributed by atoms with Crippen molar-refractivity contribution in [2.24, 2.45) is 0 Å². The first-order valence-electron chi connectivity index (χ1n) is 11.5. The second-order valence-electron chi connectivity index (χ2n) is 7.21. The maximum Gasteiger partial charge on any atom is 0.206 e. The van der Waals surface area contributed by atoms with Gasteiger partial charge in [-0.15, -0.1) is 0 Å². The molecule has 0 N–H and O–H groups in total. The lowest BCUT2D eigenvalue weighted by atomic mass is 9.77. The number of ketones is 1. The number of hydrogen-bond donors (Lipinski definition) is 0. The van der Waals surface area contributed by atoms with Crippen LogP contribution in [0.1, 0.15) is 55.4 Å². The van der Waals surface area contributed by atoms with Gasteiger partial charge in [0, 0.05) is 60.1 Å². The number of carbonyl (C=O) groups is 1. The molecule has 30 heavy (non-hydrogen) atoms. The van der Waals surface area contributed by atoms with E-state index in [9.17, 15) is 4.79 Å². The average Bonchev–Trinajstić information content (AvgIpc) is 2.72. The van der Waals surface area contributed by atoms with Crippen LogP contribution in [0.15, 0.2) is 0 Å². The van der Waals surface area contributed by atoms with E-state index in [0.29, 0.717) is 51.7 Å². The number of carbonyl (C=O) groups excluding carboxylic acids is 1. The number of hydrogen-bond acceptors (Lipinski definition) is 7. The van der Waals surface area contributed by atoms with Crippen molar-refractivity contribution in [3.8, 4) is 0 Å². The molecule has 9 heteroatoms. The summed E-state index contributed by atoms with van der Waals surface area (Å²) in [6.07, 6.45) is 0. The zero-order valence-corrected chi connectivity index (χ0v) is 25.0. The van der Waals surface area contributed by atoms with Gasteiger partial charge < -0.3 is 28.4 Å². The summed E-state index contributed by atoms with van der Waals surface area (Å²) in [5.41, 5.74) is -2.81. The van der Waals surface area contributed by atoms with Gasteiger partial charge in [-0.3, -0.25) is 4.79 Å². The fourth-order valence-electron chi connectivity index (χ4n) is 4.38. The predicted octanol–water partition coefficient (Wildman–Crippen LogP) is 1.25. The Kier molecular flexibility index (Phi) is 13.4. The number of rotatable bonds is 18. The summed E-state index contributed by atoms with van der Waals surface area (Å²) in [5, 5.41) is 0. The first-order chi connectivity index (χ1) is 14.1. The molecule has 0 aromatic carbocycles. The van der Waals surface area contributed by atoms with Gasteiger partial charge in [0.1, 0.15) is 0 Å². The van der Waals surface area contributed by atoms with E-state index in [4.69, 9.17) is 28.4 Å².